The summed E-state index contributed by atoms with van der Waals surface area (Å²) in [5.41, 5.74) is 1.96. The van der Waals surface area contributed by atoms with Gasteiger partial charge in [-0.1, -0.05) is 35.0 Å². The molecule has 0 bridgehead atoms. The number of nitrogens with zero attached hydrogens (tertiary/aromatic N) is 2. The molecule has 10 heteroatoms. The highest BCUT2D eigenvalue weighted by atomic mass is 79.9. The summed E-state index contributed by atoms with van der Waals surface area (Å²) in [4.78, 5) is 27.9. The number of sulfonamides is 1. The third kappa shape index (κ3) is 7.96. The second kappa shape index (κ2) is 12.4. The molecule has 1 N–H and O–H groups in total. The fraction of sp³-hybridized carbons (Fsp3) is 0.440. The molecule has 2 aromatic carbocycles. The SMILES string of the molecule is CC[C@H](C)NC(=O)[C@@H](C)N(Cc1cccc(OC)c1)C(=O)CN(c1ccc(Br)c(C)c1)S(C)(=O)=O. The molecule has 2 aromatic rings. The van der Waals surface area contributed by atoms with E-state index in [0.717, 1.165) is 32.6 Å². The van der Waals surface area contributed by atoms with E-state index in [1.54, 1.807) is 50.4 Å². The van der Waals surface area contributed by atoms with Crippen molar-refractivity contribution in [1.82, 2.24) is 10.2 Å². The van der Waals surface area contributed by atoms with Crippen molar-refractivity contribution >= 4 is 43.5 Å². The van der Waals surface area contributed by atoms with Crippen LogP contribution in [0.3, 0.4) is 0 Å². The Bertz CT molecular complexity index is 1160. The van der Waals surface area contributed by atoms with E-state index < -0.39 is 28.5 Å². The third-order valence-corrected chi connectivity index (χ3v) is 7.79. The van der Waals surface area contributed by atoms with Gasteiger partial charge in [0.05, 0.1) is 19.1 Å². The minimum absolute atomic E-state index is 0.0584. The summed E-state index contributed by atoms with van der Waals surface area (Å²) in [6.45, 7) is 7.00. The van der Waals surface area contributed by atoms with E-state index in [2.05, 4.69) is 21.2 Å². The summed E-state index contributed by atoms with van der Waals surface area (Å²) in [6, 6.07) is 11.4. The lowest BCUT2D eigenvalue weighted by Gasteiger charge is -2.32. The molecular weight excluding hydrogens is 534 g/mol. The zero-order chi connectivity index (χ0) is 26.3. The minimum atomic E-state index is -3.78. The van der Waals surface area contributed by atoms with Crippen LogP contribution in [0.1, 0.15) is 38.3 Å². The van der Waals surface area contributed by atoms with Crippen LogP contribution in [-0.2, 0) is 26.2 Å². The van der Waals surface area contributed by atoms with Gasteiger partial charge in [-0.2, -0.15) is 0 Å². The van der Waals surface area contributed by atoms with Gasteiger partial charge < -0.3 is 15.0 Å². The smallest absolute Gasteiger partial charge is 0.244 e. The Morgan fingerprint density at radius 2 is 1.83 bits per heavy atom. The van der Waals surface area contributed by atoms with Gasteiger partial charge in [0.2, 0.25) is 21.8 Å². The Labute approximate surface area is 216 Å². The first-order valence-corrected chi connectivity index (χ1v) is 14.0. The summed E-state index contributed by atoms with van der Waals surface area (Å²) in [6.07, 6.45) is 1.80. The van der Waals surface area contributed by atoms with Gasteiger partial charge in [0.1, 0.15) is 18.3 Å². The van der Waals surface area contributed by atoms with Gasteiger partial charge in [-0.15, -0.1) is 0 Å². The van der Waals surface area contributed by atoms with Crippen molar-refractivity contribution in [3.8, 4) is 5.75 Å². The van der Waals surface area contributed by atoms with E-state index >= 15 is 0 Å². The summed E-state index contributed by atoms with van der Waals surface area (Å²) in [5, 5.41) is 2.91. The maximum atomic E-state index is 13.6. The monoisotopic (exact) mass is 567 g/mol. The van der Waals surface area contributed by atoms with Crippen LogP contribution < -0.4 is 14.4 Å². The maximum absolute atomic E-state index is 13.6. The number of ether oxygens (including phenoxy) is 1. The number of rotatable bonds is 11. The highest BCUT2D eigenvalue weighted by molar-refractivity contribution is 9.10. The first-order chi connectivity index (χ1) is 16.4. The number of anilines is 1. The van der Waals surface area contributed by atoms with Crippen LogP contribution in [0.2, 0.25) is 0 Å². The second-order valence-corrected chi connectivity index (χ2v) is 11.3. The number of carbonyl (C=O) groups excluding carboxylic acids is 2. The third-order valence-electron chi connectivity index (χ3n) is 5.76. The number of benzene rings is 2. The lowest BCUT2D eigenvalue weighted by atomic mass is 10.1. The molecule has 0 aliphatic carbocycles. The lowest BCUT2D eigenvalue weighted by Crippen LogP contribution is -2.52. The Balaban J connectivity index is 2.42. The Kier molecular flexibility index (Phi) is 10.1. The van der Waals surface area contributed by atoms with Crippen LogP contribution in [0, 0.1) is 6.92 Å². The molecule has 192 valence electrons. The van der Waals surface area contributed by atoms with Gasteiger partial charge in [-0.25, -0.2) is 8.42 Å². The molecule has 2 amide bonds. The van der Waals surface area contributed by atoms with E-state index in [1.807, 2.05) is 26.8 Å². The van der Waals surface area contributed by atoms with E-state index in [1.165, 1.54) is 4.90 Å². The van der Waals surface area contributed by atoms with Crippen molar-refractivity contribution in [1.29, 1.82) is 0 Å². The molecule has 2 rings (SSSR count). The fourth-order valence-electron chi connectivity index (χ4n) is 3.41. The molecule has 0 radical (unpaired) electrons. The summed E-state index contributed by atoms with van der Waals surface area (Å²) < 4.78 is 32.5. The van der Waals surface area contributed by atoms with Gasteiger partial charge in [-0.05, 0) is 68.7 Å². The average molecular weight is 569 g/mol. The predicted octanol–water partition coefficient (Wildman–Crippen LogP) is 3.86. The number of carbonyl (C=O) groups is 2. The van der Waals surface area contributed by atoms with E-state index in [0.29, 0.717) is 11.4 Å². The number of nitrogens with one attached hydrogen (secondary N) is 1. The van der Waals surface area contributed by atoms with Crippen LogP contribution in [0.15, 0.2) is 46.9 Å². The molecule has 0 aliphatic rings. The molecule has 0 saturated carbocycles. The standard InChI is InChI=1S/C25H34BrN3O5S/c1-7-18(3)27-25(31)19(4)28(15-20-9-8-10-22(14-20)34-5)24(30)16-29(35(6,32)33)21-11-12-23(26)17(2)13-21/h8-14,18-19H,7,15-16H2,1-6H3,(H,27,31)/t18-,19+/m0/s1. The van der Waals surface area contributed by atoms with Crippen LogP contribution in [0.25, 0.3) is 0 Å². The van der Waals surface area contributed by atoms with E-state index in [9.17, 15) is 18.0 Å². The molecule has 35 heavy (non-hydrogen) atoms. The highest BCUT2D eigenvalue weighted by Gasteiger charge is 2.30. The molecule has 8 nitrogen and oxygen atoms in total. The zero-order valence-corrected chi connectivity index (χ0v) is 23.4. The molecule has 0 spiro atoms. The molecule has 0 aliphatic heterocycles. The molecular formula is C25H34BrN3O5S. The molecule has 0 saturated heterocycles. The molecule has 2 atom stereocenters. The summed E-state index contributed by atoms with van der Waals surface area (Å²) >= 11 is 3.41. The number of halogens is 1. The largest absolute Gasteiger partial charge is 0.497 e. The molecule has 0 fully saturated rings. The van der Waals surface area contributed by atoms with Gasteiger partial charge in [-0.3, -0.25) is 13.9 Å². The van der Waals surface area contributed by atoms with Crippen LogP contribution >= 0.6 is 15.9 Å². The van der Waals surface area contributed by atoms with Gasteiger partial charge in [0, 0.05) is 17.1 Å². The molecule has 0 heterocycles. The Hall–Kier alpha value is -2.59. The average Bonchev–Trinajstić information content (AvgIpc) is 2.81. The second-order valence-electron chi connectivity index (χ2n) is 8.57. The summed E-state index contributed by atoms with van der Waals surface area (Å²) in [5.74, 6) is -0.179. The Morgan fingerprint density at radius 3 is 2.40 bits per heavy atom. The van der Waals surface area contributed by atoms with Crippen molar-refractivity contribution in [3.05, 3.63) is 58.1 Å². The number of hydrogen-bond donors (Lipinski definition) is 1. The number of hydrogen-bond acceptors (Lipinski definition) is 5. The fourth-order valence-corrected chi connectivity index (χ4v) is 4.50. The number of amides is 2. The first kappa shape index (κ1) is 28.6. The van der Waals surface area contributed by atoms with Crippen molar-refractivity contribution < 1.29 is 22.7 Å². The van der Waals surface area contributed by atoms with Gasteiger partial charge >= 0.3 is 0 Å². The quantitative estimate of drug-likeness (QED) is 0.444. The summed E-state index contributed by atoms with van der Waals surface area (Å²) in [7, 11) is -2.23. The Morgan fingerprint density at radius 1 is 1.14 bits per heavy atom. The van der Waals surface area contributed by atoms with Crippen LogP contribution in [0.4, 0.5) is 5.69 Å². The maximum Gasteiger partial charge on any atom is 0.244 e. The van der Waals surface area contributed by atoms with E-state index in [4.69, 9.17) is 4.74 Å². The van der Waals surface area contributed by atoms with E-state index in [-0.39, 0.29) is 18.5 Å². The first-order valence-electron chi connectivity index (χ1n) is 11.3. The van der Waals surface area contributed by atoms with Crippen molar-refractivity contribution in [2.45, 2.75) is 52.7 Å². The van der Waals surface area contributed by atoms with Gasteiger partial charge in [0.15, 0.2) is 0 Å². The number of methoxy groups -OCH3 is 1. The van der Waals surface area contributed by atoms with Gasteiger partial charge in [0.25, 0.3) is 0 Å². The zero-order valence-electron chi connectivity index (χ0n) is 21.0. The van der Waals surface area contributed by atoms with Crippen molar-refractivity contribution in [2.75, 3.05) is 24.2 Å². The van der Waals surface area contributed by atoms with Crippen LogP contribution in [-0.4, -0.2) is 57.1 Å². The lowest BCUT2D eigenvalue weighted by molar-refractivity contribution is -0.139. The van der Waals surface area contributed by atoms with Crippen LogP contribution in [0.5, 0.6) is 5.75 Å². The van der Waals surface area contributed by atoms with Crippen molar-refractivity contribution in [2.24, 2.45) is 0 Å². The molecule has 0 unspecified atom stereocenters. The number of aryl methyl sites for hydroxylation is 1. The van der Waals surface area contributed by atoms with Crippen molar-refractivity contribution in [3.63, 3.8) is 0 Å². The normalized spacial score (nSPS) is 13.0. The topological polar surface area (TPSA) is 96.0 Å². The minimum Gasteiger partial charge on any atom is -0.497 e. The predicted molar refractivity (Wildman–Crippen MR) is 142 cm³/mol. The highest BCUT2D eigenvalue weighted by Crippen LogP contribution is 2.25. The molecule has 0 aromatic heterocycles.